The molecule has 0 bridgehead atoms. The molecule has 0 radical (unpaired) electrons. The van der Waals surface area contributed by atoms with Gasteiger partial charge in [0.2, 0.25) is 0 Å². The molecular weight excluding hydrogens is 426 g/mol. The average Bonchev–Trinajstić information content (AvgIpc) is 2.82. The first-order valence-corrected chi connectivity index (χ1v) is 11.0. The molecule has 0 amide bonds. The third-order valence-electron chi connectivity index (χ3n) is 4.99. The Morgan fingerprint density at radius 1 is 1.25 bits per heavy atom. The molecule has 1 aliphatic rings. The minimum Gasteiger partial charge on any atom is -0.493 e. The van der Waals surface area contributed by atoms with Crippen molar-refractivity contribution >= 4 is 17.7 Å². The summed E-state index contributed by atoms with van der Waals surface area (Å²) in [5.74, 6) is 0.656. The third-order valence-corrected chi connectivity index (χ3v) is 6.08. The number of ether oxygens (including phenoxy) is 3. The van der Waals surface area contributed by atoms with Crippen molar-refractivity contribution in [2.45, 2.75) is 25.5 Å². The molecule has 166 valence electrons. The van der Waals surface area contributed by atoms with Gasteiger partial charge in [-0.2, -0.15) is 5.26 Å². The number of nitrogens with one attached hydrogen (secondary N) is 1. The maximum Gasteiger partial charge on any atom is 0.336 e. The Morgan fingerprint density at radius 3 is 2.66 bits per heavy atom. The highest BCUT2D eigenvalue weighted by atomic mass is 32.2. The topological polar surface area (TPSA) is 93.5 Å². The van der Waals surface area contributed by atoms with Crippen molar-refractivity contribution in [1.82, 2.24) is 10.3 Å². The van der Waals surface area contributed by atoms with Crippen LogP contribution >= 0.6 is 11.8 Å². The van der Waals surface area contributed by atoms with Crippen molar-refractivity contribution in [3.63, 3.8) is 0 Å². The lowest BCUT2D eigenvalue weighted by Gasteiger charge is -2.29. The number of carbonyl (C=O) groups excluding carboxylic acids is 1. The highest BCUT2D eigenvalue weighted by molar-refractivity contribution is 8.02. The number of benzene rings is 1. The fraction of sp³-hybridized carbons (Fsp3) is 0.292. The smallest absolute Gasteiger partial charge is 0.336 e. The van der Waals surface area contributed by atoms with Gasteiger partial charge in [0.05, 0.1) is 49.0 Å². The maximum atomic E-state index is 12.9. The van der Waals surface area contributed by atoms with Crippen LogP contribution in [0.5, 0.6) is 11.5 Å². The second-order valence-electron chi connectivity index (χ2n) is 6.94. The molecule has 0 saturated carbocycles. The minimum absolute atomic E-state index is 0.239. The molecule has 1 aliphatic heterocycles. The molecular formula is C24H25N3O4S. The summed E-state index contributed by atoms with van der Waals surface area (Å²) < 4.78 is 16.1. The van der Waals surface area contributed by atoms with Crippen LogP contribution in [0.4, 0.5) is 0 Å². The summed E-state index contributed by atoms with van der Waals surface area (Å²) in [5.41, 5.74) is 3.27. The van der Waals surface area contributed by atoms with Crippen LogP contribution in [-0.4, -0.2) is 31.8 Å². The second-order valence-corrected chi connectivity index (χ2v) is 7.92. The summed E-state index contributed by atoms with van der Waals surface area (Å²) in [6.07, 6.45) is 3.51. The number of thioether (sulfide) groups is 1. The van der Waals surface area contributed by atoms with Crippen LogP contribution in [-0.2, 0) is 15.3 Å². The van der Waals surface area contributed by atoms with Crippen LogP contribution in [0.15, 0.2) is 64.6 Å². The third kappa shape index (κ3) is 4.89. The summed E-state index contributed by atoms with van der Waals surface area (Å²) >= 11 is 1.49. The Hall–Kier alpha value is -3.44. The van der Waals surface area contributed by atoms with E-state index < -0.39 is 11.9 Å². The van der Waals surface area contributed by atoms with Crippen LogP contribution < -0.4 is 14.8 Å². The van der Waals surface area contributed by atoms with Crippen LogP contribution in [0.2, 0.25) is 0 Å². The van der Waals surface area contributed by atoms with Gasteiger partial charge in [0.15, 0.2) is 11.5 Å². The molecule has 0 spiro atoms. The Morgan fingerprint density at radius 2 is 2.03 bits per heavy atom. The highest BCUT2D eigenvalue weighted by Crippen LogP contribution is 2.43. The first kappa shape index (κ1) is 23.2. The normalized spacial score (nSPS) is 15.7. The molecule has 3 rings (SSSR count). The van der Waals surface area contributed by atoms with E-state index in [9.17, 15) is 10.1 Å². The zero-order valence-electron chi connectivity index (χ0n) is 18.5. The van der Waals surface area contributed by atoms with Gasteiger partial charge < -0.3 is 19.5 Å². The van der Waals surface area contributed by atoms with Crippen molar-refractivity contribution in [3.8, 4) is 17.6 Å². The molecule has 1 aromatic heterocycles. The molecule has 2 aromatic rings. The zero-order valence-corrected chi connectivity index (χ0v) is 19.3. The largest absolute Gasteiger partial charge is 0.493 e. The second kappa shape index (κ2) is 10.7. The monoisotopic (exact) mass is 451 g/mol. The maximum absolute atomic E-state index is 12.9. The van der Waals surface area contributed by atoms with E-state index in [0.29, 0.717) is 39.1 Å². The van der Waals surface area contributed by atoms with E-state index in [1.807, 2.05) is 25.1 Å². The number of nitriles is 1. The number of nitrogens with zero attached hydrogens (tertiary/aromatic N) is 2. The van der Waals surface area contributed by atoms with Crippen molar-refractivity contribution in [2.24, 2.45) is 0 Å². The Labute approximate surface area is 192 Å². The number of methoxy groups -OCH3 is 2. The van der Waals surface area contributed by atoms with E-state index >= 15 is 0 Å². The number of hydrogen-bond donors (Lipinski definition) is 1. The van der Waals surface area contributed by atoms with Crippen LogP contribution in [0.25, 0.3) is 0 Å². The fourth-order valence-electron chi connectivity index (χ4n) is 3.51. The van der Waals surface area contributed by atoms with Gasteiger partial charge in [-0.05, 0) is 43.2 Å². The van der Waals surface area contributed by atoms with Gasteiger partial charge in [-0.15, -0.1) is 11.8 Å². The summed E-state index contributed by atoms with van der Waals surface area (Å²) in [5, 5.41) is 14.1. The van der Waals surface area contributed by atoms with E-state index in [1.165, 1.54) is 11.8 Å². The predicted octanol–water partition coefficient (Wildman–Crippen LogP) is 4.29. The van der Waals surface area contributed by atoms with Crippen LogP contribution in [0.3, 0.4) is 0 Å². The van der Waals surface area contributed by atoms with Crippen LogP contribution in [0.1, 0.15) is 30.9 Å². The zero-order chi connectivity index (χ0) is 23.1. The van der Waals surface area contributed by atoms with E-state index in [2.05, 4.69) is 16.4 Å². The van der Waals surface area contributed by atoms with E-state index in [1.54, 1.807) is 45.7 Å². The average molecular weight is 452 g/mol. The standard InChI is InChI=1S/C24H25N3O4S/c1-5-31-24(28)21-15(2)27-23(32-14-16-7-6-10-26-13-16)18(12-25)22(21)17-8-9-19(29-3)20(11-17)30-4/h6-11,13,22,27H,5,14H2,1-4H3. The van der Waals surface area contributed by atoms with Crippen molar-refractivity contribution in [2.75, 3.05) is 20.8 Å². The lowest BCUT2D eigenvalue weighted by molar-refractivity contribution is -0.138. The summed E-state index contributed by atoms with van der Waals surface area (Å²) in [4.78, 5) is 17.0. The van der Waals surface area contributed by atoms with Gasteiger partial charge >= 0.3 is 5.97 Å². The summed E-state index contributed by atoms with van der Waals surface area (Å²) in [6, 6.07) is 11.6. The number of carbonyl (C=O) groups is 1. The van der Waals surface area contributed by atoms with Crippen molar-refractivity contribution in [1.29, 1.82) is 5.26 Å². The number of rotatable bonds is 8. The molecule has 8 heteroatoms. The summed E-state index contributed by atoms with van der Waals surface area (Å²) in [6.45, 7) is 3.81. The molecule has 32 heavy (non-hydrogen) atoms. The van der Waals surface area contributed by atoms with Gasteiger partial charge in [-0.25, -0.2) is 4.79 Å². The lowest BCUT2D eigenvalue weighted by atomic mass is 9.82. The Balaban J connectivity index is 2.09. The predicted molar refractivity (Wildman–Crippen MR) is 123 cm³/mol. The molecule has 0 fully saturated rings. The van der Waals surface area contributed by atoms with Gasteiger partial charge in [0.1, 0.15) is 0 Å². The molecule has 1 aromatic carbocycles. The fourth-order valence-corrected chi connectivity index (χ4v) is 4.54. The number of hydrogen-bond acceptors (Lipinski definition) is 8. The van der Waals surface area contributed by atoms with E-state index in [0.717, 1.165) is 11.1 Å². The first-order valence-electron chi connectivity index (χ1n) is 10.1. The number of esters is 1. The summed E-state index contributed by atoms with van der Waals surface area (Å²) in [7, 11) is 3.11. The highest BCUT2D eigenvalue weighted by Gasteiger charge is 2.36. The molecule has 0 saturated heterocycles. The molecule has 1 unspecified atom stereocenters. The van der Waals surface area contributed by atoms with Gasteiger partial charge in [-0.3, -0.25) is 4.98 Å². The SMILES string of the molecule is CCOC(=O)C1=C(C)NC(SCc2cccnc2)=C(C#N)C1c1ccc(OC)c(OC)c1. The minimum atomic E-state index is -0.600. The van der Waals surface area contributed by atoms with E-state index in [-0.39, 0.29) is 6.61 Å². The van der Waals surface area contributed by atoms with Gasteiger partial charge in [0, 0.05) is 23.8 Å². The molecule has 2 heterocycles. The molecule has 7 nitrogen and oxygen atoms in total. The van der Waals surface area contributed by atoms with Crippen molar-refractivity contribution < 1.29 is 19.0 Å². The Bertz CT molecular complexity index is 1090. The molecule has 0 aliphatic carbocycles. The van der Waals surface area contributed by atoms with Crippen molar-refractivity contribution in [3.05, 3.63) is 75.7 Å². The number of dihydropyridines is 1. The Kier molecular flexibility index (Phi) is 7.79. The lowest BCUT2D eigenvalue weighted by Crippen LogP contribution is -2.29. The number of pyridine rings is 1. The first-order chi connectivity index (χ1) is 15.5. The van der Waals surface area contributed by atoms with Gasteiger partial charge in [0.25, 0.3) is 0 Å². The van der Waals surface area contributed by atoms with Gasteiger partial charge in [-0.1, -0.05) is 12.1 Å². The number of allylic oxidation sites excluding steroid dienone is 2. The van der Waals surface area contributed by atoms with E-state index in [4.69, 9.17) is 14.2 Å². The molecule has 1 atom stereocenters. The van der Waals surface area contributed by atoms with Crippen LogP contribution in [0, 0.1) is 11.3 Å². The quantitative estimate of drug-likeness (QED) is 0.594. The number of aromatic nitrogens is 1. The molecule has 1 N–H and O–H groups in total.